The molecule has 1 heterocycles. The molecule has 0 aromatic heterocycles. The first-order valence-electron chi connectivity index (χ1n) is 10.9. The number of carboxylic acid groups (broad SMARTS) is 1. The molecule has 0 bridgehead atoms. The Morgan fingerprint density at radius 1 is 0.861 bits per heavy atom. The number of nitrogens with zero attached hydrogens (tertiary/aromatic N) is 1. The number of amides is 4. The molecule has 1 aliphatic heterocycles. The van der Waals surface area contributed by atoms with Crippen LogP contribution in [-0.4, -0.2) is 46.3 Å². The Morgan fingerprint density at radius 2 is 1.50 bits per heavy atom. The molecule has 10 nitrogen and oxygen atoms in total. The van der Waals surface area contributed by atoms with E-state index in [-0.39, 0.29) is 29.0 Å². The van der Waals surface area contributed by atoms with Crippen LogP contribution in [0.2, 0.25) is 0 Å². The molecule has 4 rings (SSSR count). The molecule has 1 aliphatic rings. The summed E-state index contributed by atoms with van der Waals surface area (Å²) in [4.78, 5) is 62.3. The maximum absolute atomic E-state index is 12.6. The number of carbonyl (C=O) groups is 5. The van der Waals surface area contributed by atoms with Crippen molar-refractivity contribution in [1.29, 1.82) is 0 Å². The van der Waals surface area contributed by atoms with Crippen LogP contribution in [0.4, 0.5) is 10.5 Å². The van der Waals surface area contributed by atoms with Gasteiger partial charge in [-0.25, -0.2) is 9.59 Å². The van der Waals surface area contributed by atoms with Gasteiger partial charge in [0.25, 0.3) is 11.8 Å². The first kappa shape index (κ1) is 24.1. The van der Waals surface area contributed by atoms with E-state index in [1.165, 1.54) is 36.4 Å². The van der Waals surface area contributed by atoms with Crippen molar-refractivity contribution >= 4 is 35.5 Å². The summed E-state index contributed by atoms with van der Waals surface area (Å²) in [5.74, 6) is -3.11. The summed E-state index contributed by atoms with van der Waals surface area (Å²) in [5, 5.41) is 14.5. The van der Waals surface area contributed by atoms with Crippen molar-refractivity contribution in [3.63, 3.8) is 0 Å². The van der Waals surface area contributed by atoms with Crippen LogP contribution in [0.25, 0.3) is 0 Å². The molecule has 1 atom stereocenters. The van der Waals surface area contributed by atoms with Gasteiger partial charge in [-0.15, -0.1) is 0 Å². The van der Waals surface area contributed by atoms with Crippen LogP contribution in [-0.2, 0) is 20.9 Å². The summed E-state index contributed by atoms with van der Waals surface area (Å²) >= 11 is 0. The minimum absolute atomic E-state index is 0.0348. The SMILES string of the molecule is O=C(CN1C(=O)c2ccccc2C1=O)Nc1cccc([C@H](NC(=O)OCc2ccccc2)C(=O)O)c1. The Balaban J connectivity index is 1.39. The van der Waals surface area contributed by atoms with E-state index in [0.29, 0.717) is 0 Å². The van der Waals surface area contributed by atoms with Gasteiger partial charge < -0.3 is 20.5 Å². The molecule has 3 N–H and O–H groups in total. The van der Waals surface area contributed by atoms with Gasteiger partial charge in [-0.3, -0.25) is 19.3 Å². The molecule has 0 saturated carbocycles. The normalized spacial score (nSPS) is 13.1. The number of alkyl carbamates (subject to hydrolysis) is 1. The van der Waals surface area contributed by atoms with Crippen LogP contribution in [0.15, 0.2) is 78.9 Å². The van der Waals surface area contributed by atoms with E-state index in [9.17, 15) is 29.1 Å². The molecule has 0 aliphatic carbocycles. The van der Waals surface area contributed by atoms with Gasteiger partial charge in [-0.05, 0) is 35.4 Å². The number of anilines is 1. The largest absolute Gasteiger partial charge is 0.479 e. The zero-order chi connectivity index (χ0) is 25.7. The molecule has 182 valence electrons. The molecule has 4 amide bonds. The smallest absolute Gasteiger partial charge is 0.408 e. The van der Waals surface area contributed by atoms with Crippen LogP contribution in [0.1, 0.15) is 37.9 Å². The number of fused-ring (bicyclic) bond motifs is 1. The highest BCUT2D eigenvalue weighted by Gasteiger charge is 2.36. The molecular weight excluding hydrogens is 466 g/mol. The van der Waals surface area contributed by atoms with Gasteiger partial charge in [0.1, 0.15) is 13.2 Å². The van der Waals surface area contributed by atoms with Crippen molar-refractivity contribution in [1.82, 2.24) is 10.2 Å². The topological polar surface area (TPSA) is 142 Å². The number of carboxylic acids is 1. The third-order valence-electron chi connectivity index (χ3n) is 5.41. The van der Waals surface area contributed by atoms with Crippen LogP contribution in [0.3, 0.4) is 0 Å². The first-order chi connectivity index (χ1) is 17.3. The van der Waals surface area contributed by atoms with Gasteiger partial charge in [0.2, 0.25) is 5.91 Å². The molecule has 0 spiro atoms. The fraction of sp³-hybridized carbons (Fsp3) is 0.115. The third kappa shape index (κ3) is 5.39. The average molecular weight is 487 g/mol. The summed E-state index contributed by atoms with van der Waals surface area (Å²) < 4.78 is 5.09. The Bertz CT molecular complexity index is 1310. The number of aliphatic carboxylic acids is 1. The minimum Gasteiger partial charge on any atom is -0.479 e. The maximum Gasteiger partial charge on any atom is 0.408 e. The Morgan fingerprint density at radius 3 is 2.14 bits per heavy atom. The van der Waals surface area contributed by atoms with Gasteiger partial charge in [-0.2, -0.15) is 0 Å². The number of hydrogen-bond acceptors (Lipinski definition) is 6. The molecule has 0 saturated heterocycles. The lowest BCUT2D eigenvalue weighted by Gasteiger charge is -2.17. The zero-order valence-electron chi connectivity index (χ0n) is 18.8. The summed E-state index contributed by atoms with van der Waals surface area (Å²) in [5.41, 5.74) is 1.60. The van der Waals surface area contributed by atoms with E-state index < -0.39 is 42.4 Å². The van der Waals surface area contributed by atoms with Crippen LogP contribution in [0.5, 0.6) is 0 Å². The molecular formula is C26H21N3O7. The highest BCUT2D eigenvalue weighted by atomic mass is 16.5. The molecule has 3 aromatic carbocycles. The summed E-state index contributed by atoms with van der Waals surface area (Å²) in [6, 6.07) is 19.6. The second kappa shape index (κ2) is 10.5. The van der Waals surface area contributed by atoms with E-state index in [4.69, 9.17) is 4.74 Å². The number of carbonyl (C=O) groups excluding carboxylic acids is 4. The van der Waals surface area contributed by atoms with Crippen LogP contribution >= 0.6 is 0 Å². The van der Waals surface area contributed by atoms with Crippen molar-refractivity contribution in [2.75, 3.05) is 11.9 Å². The van der Waals surface area contributed by atoms with Crippen molar-refractivity contribution in [2.45, 2.75) is 12.6 Å². The van der Waals surface area contributed by atoms with Crippen molar-refractivity contribution in [3.05, 3.63) is 101 Å². The number of hydrogen-bond donors (Lipinski definition) is 3. The quantitative estimate of drug-likeness (QED) is 0.415. The third-order valence-corrected chi connectivity index (χ3v) is 5.41. The number of benzene rings is 3. The fourth-order valence-corrected chi connectivity index (χ4v) is 3.69. The fourth-order valence-electron chi connectivity index (χ4n) is 3.69. The van der Waals surface area contributed by atoms with E-state index >= 15 is 0 Å². The Hall–Kier alpha value is -4.99. The predicted molar refractivity (Wildman–Crippen MR) is 127 cm³/mol. The number of imide groups is 1. The predicted octanol–water partition coefficient (Wildman–Crippen LogP) is 2.97. The number of ether oxygens (including phenoxy) is 1. The van der Waals surface area contributed by atoms with Crippen molar-refractivity contribution < 1.29 is 33.8 Å². The average Bonchev–Trinajstić information content (AvgIpc) is 3.11. The summed E-state index contributed by atoms with van der Waals surface area (Å²) in [7, 11) is 0. The van der Waals surface area contributed by atoms with Gasteiger partial charge in [0.15, 0.2) is 6.04 Å². The van der Waals surface area contributed by atoms with Crippen molar-refractivity contribution in [3.8, 4) is 0 Å². The van der Waals surface area contributed by atoms with E-state index in [1.54, 1.807) is 36.4 Å². The second-order valence-electron chi connectivity index (χ2n) is 7.89. The minimum atomic E-state index is -1.44. The van der Waals surface area contributed by atoms with E-state index in [2.05, 4.69) is 10.6 Å². The number of rotatable bonds is 8. The van der Waals surface area contributed by atoms with Gasteiger partial charge in [0, 0.05) is 5.69 Å². The first-order valence-corrected chi connectivity index (χ1v) is 10.9. The lowest BCUT2D eigenvalue weighted by molar-refractivity contribution is -0.139. The highest BCUT2D eigenvalue weighted by molar-refractivity contribution is 6.22. The molecule has 0 unspecified atom stereocenters. The highest BCUT2D eigenvalue weighted by Crippen LogP contribution is 2.23. The second-order valence-corrected chi connectivity index (χ2v) is 7.89. The maximum atomic E-state index is 12.6. The zero-order valence-corrected chi connectivity index (χ0v) is 18.8. The lowest BCUT2D eigenvalue weighted by Crippen LogP contribution is -2.37. The molecule has 3 aromatic rings. The Labute approximate surface area is 205 Å². The molecule has 36 heavy (non-hydrogen) atoms. The molecule has 0 radical (unpaired) electrons. The van der Waals surface area contributed by atoms with Gasteiger partial charge in [0.05, 0.1) is 11.1 Å². The summed E-state index contributed by atoms with van der Waals surface area (Å²) in [6.45, 7) is -0.546. The molecule has 10 heteroatoms. The lowest BCUT2D eigenvalue weighted by atomic mass is 10.1. The number of nitrogens with one attached hydrogen (secondary N) is 2. The van der Waals surface area contributed by atoms with Gasteiger partial charge in [-0.1, -0.05) is 54.6 Å². The van der Waals surface area contributed by atoms with Crippen LogP contribution < -0.4 is 10.6 Å². The van der Waals surface area contributed by atoms with Crippen LogP contribution in [0, 0.1) is 0 Å². The Kier molecular flexibility index (Phi) is 7.05. The monoisotopic (exact) mass is 487 g/mol. The van der Waals surface area contributed by atoms with E-state index in [0.717, 1.165) is 10.5 Å². The van der Waals surface area contributed by atoms with Gasteiger partial charge >= 0.3 is 12.1 Å². The standard InChI is InChI=1S/C26H21N3O7/c30-21(14-29-23(31)19-11-4-5-12-20(19)24(29)32)27-18-10-6-9-17(13-18)22(25(33)34)28-26(35)36-15-16-7-2-1-3-8-16/h1-13,22H,14-15H2,(H,27,30)(H,28,35)(H,33,34)/t22-/m0/s1. The van der Waals surface area contributed by atoms with E-state index in [1.807, 2.05) is 6.07 Å². The molecule has 0 fully saturated rings. The van der Waals surface area contributed by atoms with Crippen molar-refractivity contribution in [2.24, 2.45) is 0 Å². The summed E-state index contributed by atoms with van der Waals surface area (Å²) in [6.07, 6.45) is -0.925.